The van der Waals surface area contributed by atoms with Gasteiger partial charge in [0.15, 0.2) is 0 Å². The Morgan fingerprint density at radius 2 is 2.05 bits per heavy atom. The second-order valence-corrected chi connectivity index (χ2v) is 5.24. The molecule has 112 valence electrons. The minimum atomic E-state index is -0.00533. The number of methoxy groups -OCH3 is 1. The molecule has 6 heteroatoms. The van der Waals surface area contributed by atoms with E-state index in [1.165, 1.54) is 0 Å². The van der Waals surface area contributed by atoms with E-state index in [4.69, 9.17) is 22.7 Å². The summed E-state index contributed by atoms with van der Waals surface area (Å²) in [5, 5.41) is 0. The number of nitrogens with zero attached hydrogens (tertiary/aromatic N) is 2. The highest BCUT2D eigenvalue weighted by atomic mass is 32.1. The van der Waals surface area contributed by atoms with Crippen LogP contribution in [0.2, 0.25) is 0 Å². The van der Waals surface area contributed by atoms with Crippen LogP contribution >= 0.6 is 12.2 Å². The van der Waals surface area contributed by atoms with E-state index in [1.807, 2.05) is 31.3 Å². The molecular weight excluding hydrogens is 286 g/mol. The normalized spacial score (nSPS) is 10.6. The Morgan fingerprint density at radius 1 is 1.33 bits per heavy atom. The molecule has 0 bridgehead atoms. The average Bonchev–Trinajstić information content (AvgIpc) is 2.80. The molecule has 0 atom stereocenters. The maximum atomic E-state index is 12.1. The summed E-state index contributed by atoms with van der Waals surface area (Å²) in [5.41, 5.74) is 7.30. The van der Waals surface area contributed by atoms with Gasteiger partial charge in [-0.25, -0.2) is 4.79 Å². The standard InChI is InChI=1S/C15H19N3O2S/c1-3-6-17-7-8-18(15(17)19)10-11-4-5-12(14(16)21)13(9-11)20-2/h4-5,7-9H,3,6,10H2,1-2H3,(H2,16,21). The molecule has 0 unspecified atom stereocenters. The highest BCUT2D eigenvalue weighted by molar-refractivity contribution is 7.80. The van der Waals surface area contributed by atoms with E-state index in [-0.39, 0.29) is 5.69 Å². The molecule has 1 aromatic carbocycles. The number of hydrogen-bond donors (Lipinski definition) is 1. The van der Waals surface area contributed by atoms with E-state index in [0.717, 1.165) is 18.5 Å². The molecule has 0 saturated carbocycles. The first-order chi connectivity index (χ1) is 10.1. The van der Waals surface area contributed by atoms with Crippen molar-refractivity contribution in [2.45, 2.75) is 26.4 Å². The molecule has 2 aromatic rings. The van der Waals surface area contributed by atoms with Crippen LogP contribution in [0.25, 0.3) is 0 Å². The second kappa shape index (κ2) is 6.58. The maximum absolute atomic E-state index is 12.1. The van der Waals surface area contributed by atoms with E-state index in [2.05, 4.69) is 0 Å². The van der Waals surface area contributed by atoms with Crippen LogP contribution in [0, 0.1) is 0 Å². The number of hydrogen-bond acceptors (Lipinski definition) is 3. The first-order valence-corrected chi connectivity index (χ1v) is 7.20. The fourth-order valence-electron chi connectivity index (χ4n) is 2.22. The van der Waals surface area contributed by atoms with Crippen LogP contribution in [-0.4, -0.2) is 21.2 Å². The highest BCUT2D eigenvalue weighted by Gasteiger charge is 2.09. The summed E-state index contributed by atoms with van der Waals surface area (Å²) in [5.74, 6) is 0.626. The fraction of sp³-hybridized carbons (Fsp3) is 0.333. The summed E-state index contributed by atoms with van der Waals surface area (Å²) < 4.78 is 8.68. The van der Waals surface area contributed by atoms with Crippen LogP contribution in [0.15, 0.2) is 35.4 Å². The number of aryl methyl sites for hydroxylation is 1. The zero-order valence-electron chi connectivity index (χ0n) is 12.2. The van der Waals surface area contributed by atoms with Crippen molar-refractivity contribution in [1.82, 2.24) is 9.13 Å². The number of thiocarbonyl (C=S) groups is 1. The minimum Gasteiger partial charge on any atom is -0.496 e. The van der Waals surface area contributed by atoms with Crippen molar-refractivity contribution >= 4 is 17.2 Å². The van der Waals surface area contributed by atoms with E-state index in [0.29, 0.717) is 22.8 Å². The third kappa shape index (κ3) is 3.33. The molecular formula is C15H19N3O2S. The molecule has 0 aliphatic carbocycles. The Balaban J connectivity index is 2.28. The van der Waals surface area contributed by atoms with Gasteiger partial charge in [-0.05, 0) is 24.1 Å². The smallest absolute Gasteiger partial charge is 0.328 e. The number of aromatic nitrogens is 2. The molecule has 1 aromatic heterocycles. The molecule has 21 heavy (non-hydrogen) atoms. The van der Waals surface area contributed by atoms with Gasteiger partial charge in [-0.1, -0.05) is 25.2 Å². The van der Waals surface area contributed by atoms with Gasteiger partial charge in [0, 0.05) is 18.9 Å². The van der Waals surface area contributed by atoms with E-state index in [9.17, 15) is 4.79 Å². The Bertz CT molecular complexity index is 703. The number of ether oxygens (including phenoxy) is 1. The summed E-state index contributed by atoms with van der Waals surface area (Å²) in [4.78, 5) is 12.4. The van der Waals surface area contributed by atoms with E-state index < -0.39 is 0 Å². The van der Waals surface area contributed by atoms with Crippen LogP contribution < -0.4 is 16.2 Å². The first kappa shape index (κ1) is 15.3. The quantitative estimate of drug-likeness (QED) is 0.826. The van der Waals surface area contributed by atoms with Crippen LogP contribution in [-0.2, 0) is 13.1 Å². The summed E-state index contributed by atoms with van der Waals surface area (Å²) in [6.45, 7) is 3.27. The molecule has 2 rings (SSSR count). The molecule has 0 radical (unpaired) electrons. The highest BCUT2D eigenvalue weighted by Crippen LogP contribution is 2.20. The molecule has 0 amide bonds. The largest absolute Gasteiger partial charge is 0.496 e. The van der Waals surface area contributed by atoms with Crippen molar-refractivity contribution in [1.29, 1.82) is 0 Å². The van der Waals surface area contributed by atoms with Crippen molar-refractivity contribution in [2.24, 2.45) is 5.73 Å². The number of imidazole rings is 1. The average molecular weight is 305 g/mol. The second-order valence-electron chi connectivity index (χ2n) is 4.80. The fourth-order valence-corrected chi connectivity index (χ4v) is 2.39. The van der Waals surface area contributed by atoms with Gasteiger partial charge in [0.1, 0.15) is 10.7 Å². The van der Waals surface area contributed by atoms with Gasteiger partial charge in [-0.15, -0.1) is 0 Å². The van der Waals surface area contributed by atoms with Gasteiger partial charge < -0.3 is 10.5 Å². The van der Waals surface area contributed by atoms with Crippen molar-refractivity contribution in [3.05, 3.63) is 52.2 Å². The van der Waals surface area contributed by atoms with Crippen LogP contribution in [0.3, 0.4) is 0 Å². The SMILES string of the molecule is CCCn1ccn(Cc2ccc(C(N)=S)c(OC)c2)c1=O. The van der Waals surface area contributed by atoms with Crippen molar-refractivity contribution in [2.75, 3.05) is 7.11 Å². The van der Waals surface area contributed by atoms with Crippen LogP contribution in [0.4, 0.5) is 0 Å². The maximum Gasteiger partial charge on any atom is 0.328 e. The summed E-state index contributed by atoms with van der Waals surface area (Å²) in [7, 11) is 1.57. The van der Waals surface area contributed by atoms with Gasteiger partial charge in [0.2, 0.25) is 0 Å². The van der Waals surface area contributed by atoms with Crippen molar-refractivity contribution in [3.63, 3.8) is 0 Å². The lowest BCUT2D eigenvalue weighted by Gasteiger charge is -2.10. The van der Waals surface area contributed by atoms with Crippen LogP contribution in [0.5, 0.6) is 5.75 Å². The molecule has 2 N–H and O–H groups in total. The lowest BCUT2D eigenvalue weighted by molar-refractivity contribution is 0.413. The Hall–Kier alpha value is -2.08. The molecule has 0 spiro atoms. The third-order valence-corrected chi connectivity index (χ3v) is 3.49. The van der Waals surface area contributed by atoms with Crippen molar-refractivity contribution < 1.29 is 4.74 Å². The van der Waals surface area contributed by atoms with Gasteiger partial charge in [0.25, 0.3) is 0 Å². The Labute approximate surface area is 129 Å². The van der Waals surface area contributed by atoms with Gasteiger partial charge in [0.05, 0.1) is 19.2 Å². The molecule has 1 heterocycles. The van der Waals surface area contributed by atoms with Crippen molar-refractivity contribution in [3.8, 4) is 5.75 Å². The van der Waals surface area contributed by atoms with Crippen LogP contribution in [0.1, 0.15) is 24.5 Å². The zero-order chi connectivity index (χ0) is 15.4. The molecule has 0 aliphatic heterocycles. The molecule has 0 fully saturated rings. The number of rotatable bonds is 6. The first-order valence-electron chi connectivity index (χ1n) is 6.79. The zero-order valence-corrected chi connectivity index (χ0v) is 13.0. The predicted molar refractivity (Wildman–Crippen MR) is 87.0 cm³/mol. The molecule has 0 saturated heterocycles. The monoisotopic (exact) mass is 305 g/mol. The summed E-state index contributed by atoms with van der Waals surface area (Å²) >= 11 is 4.98. The summed E-state index contributed by atoms with van der Waals surface area (Å²) in [6.07, 6.45) is 4.54. The Morgan fingerprint density at radius 3 is 2.67 bits per heavy atom. The van der Waals surface area contributed by atoms with Gasteiger partial charge in [-0.2, -0.15) is 0 Å². The molecule has 0 aliphatic rings. The lowest BCUT2D eigenvalue weighted by atomic mass is 10.1. The lowest BCUT2D eigenvalue weighted by Crippen LogP contribution is -2.24. The number of nitrogens with two attached hydrogens (primary N) is 1. The Kier molecular flexibility index (Phi) is 4.80. The third-order valence-electron chi connectivity index (χ3n) is 3.27. The van der Waals surface area contributed by atoms with Gasteiger partial charge in [-0.3, -0.25) is 9.13 Å². The minimum absolute atomic E-state index is 0.00533. The topological polar surface area (TPSA) is 62.2 Å². The predicted octanol–water partition coefficient (Wildman–Crippen LogP) is 1.75. The van der Waals surface area contributed by atoms with Gasteiger partial charge >= 0.3 is 5.69 Å². The van der Waals surface area contributed by atoms with E-state index >= 15 is 0 Å². The summed E-state index contributed by atoms with van der Waals surface area (Å²) in [6, 6.07) is 5.59. The number of benzene rings is 1. The molecule has 5 nitrogen and oxygen atoms in total. The van der Waals surface area contributed by atoms with E-state index in [1.54, 1.807) is 22.4 Å².